The summed E-state index contributed by atoms with van der Waals surface area (Å²) in [6.07, 6.45) is 3.68. The first-order chi connectivity index (χ1) is 18.8. The van der Waals surface area contributed by atoms with Crippen LogP contribution in [0.5, 0.6) is 0 Å². The van der Waals surface area contributed by atoms with Gasteiger partial charge in [0, 0.05) is 49.6 Å². The summed E-state index contributed by atoms with van der Waals surface area (Å²) in [7, 11) is 0. The molecule has 8 rings (SSSR count). The van der Waals surface area contributed by atoms with Crippen LogP contribution in [0.2, 0.25) is 0 Å². The van der Waals surface area contributed by atoms with Crippen molar-refractivity contribution in [3.63, 3.8) is 0 Å². The average molecular weight is 663 g/mol. The van der Waals surface area contributed by atoms with Crippen LogP contribution in [0, 0.1) is 0 Å². The molecule has 0 aliphatic rings. The van der Waals surface area contributed by atoms with Gasteiger partial charge < -0.3 is 0 Å². The maximum absolute atomic E-state index is 4.42. The predicted molar refractivity (Wildman–Crippen MR) is 161 cm³/mol. The quantitative estimate of drug-likeness (QED) is 0.136. The number of rotatable bonds is 2. The van der Waals surface area contributed by atoms with Crippen molar-refractivity contribution in [1.29, 1.82) is 0 Å². The molecule has 8 aromatic rings. The smallest absolute Gasteiger partial charge is 0.0183 e. The molecule has 2 aromatic heterocycles. The first-order valence-electron chi connectivity index (χ1n) is 12.8. The van der Waals surface area contributed by atoms with Crippen molar-refractivity contribution in [3.05, 3.63) is 146 Å². The summed E-state index contributed by atoms with van der Waals surface area (Å²) in [6, 6.07) is 46.7. The Balaban J connectivity index is 0.000000138. The zero-order chi connectivity index (χ0) is 25.3. The molecule has 39 heavy (non-hydrogen) atoms. The molecule has 0 amide bonds. The molecule has 184 valence electrons. The molecule has 0 spiro atoms. The van der Waals surface area contributed by atoms with Gasteiger partial charge in [0.25, 0.3) is 0 Å². The van der Waals surface area contributed by atoms with Crippen LogP contribution >= 0.6 is 0 Å². The SMILES string of the molecule is [Hf].c1ccc(-c2cc3c(ccc4ccccc43)[cH-]2)nc1.c1ccc(-c2cc3c(ccc4ccccc43)[cH-]2)nc1. The third-order valence-corrected chi connectivity index (χ3v) is 7.15. The summed E-state index contributed by atoms with van der Waals surface area (Å²) in [4.78, 5) is 8.85. The van der Waals surface area contributed by atoms with Gasteiger partial charge in [0.15, 0.2) is 0 Å². The predicted octanol–water partition coefficient (Wildman–Crippen LogP) is 9.55. The minimum Gasteiger partial charge on any atom is -0.295 e. The Hall–Kier alpha value is -4.21. The Morgan fingerprint density at radius 2 is 0.846 bits per heavy atom. The van der Waals surface area contributed by atoms with Crippen LogP contribution < -0.4 is 0 Å². The number of fused-ring (bicyclic) bond motifs is 6. The maximum Gasteiger partial charge on any atom is 0.0183 e. The summed E-state index contributed by atoms with van der Waals surface area (Å²) < 4.78 is 0. The van der Waals surface area contributed by atoms with Crippen LogP contribution in [-0.4, -0.2) is 9.97 Å². The second-order valence-corrected chi connectivity index (χ2v) is 9.50. The van der Waals surface area contributed by atoms with Gasteiger partial charge in [0.05, 0.1) is 0 Å². The Morgan fingerprint density at radius 3 is 1.28 bits per heavy atom. The molecule has 0 aliphatic carbocycles. The molecule has 0 fully saturated rings. The third kappa shape index (κ3) is 4.86. The van der Waals surface area contributed by atoms with E-state index >= 15 is 0 Å². The molecule has 6 aromatic carbocycles. The van der Waals surface area contributed by atoms with Gasteiger partial charge in [-0.3, -0.25) is 9.97 Å². The summed E-state index contributed by atoms with van der Waals surface area (Å²) >= 11 is 0. The molecule has 0 saturated heterocycles. The molecule has 0 unspecified atom stereocenters. The van der Waals surface area contributed by atoms with E-state index in [1.54, 1.807) is 0 Å². The van der Waals surface area contributed by atoms with E-state index < -0.39 is 0 Å². The summed E-state index contributed by atoms with van der Waals surface area (Å²) in [6.45, 7) is 0. The average Bonchev–Trinajstić information content (AvgIpc) is 3.64. The van der Waals surface area contributed by atoms with Gasteiger partial charge in [-0.05, 0) is 22.9 Å². The summed E-state index contributed by atoms with van der Waals surface area (Å²) in [5, 5.41) is 10.3. The Morgan fingerprint density at radius 1 is 0.410 bits per heavy atom. The monoisotopic (exact) mass is 664 g/mol. The van der Waals surface area contributed by atoms with Gasteiger partial charge >= 0.3 is 0 Å². The molecular formula is C36H24HfN2-2. The van der Waals surface area contributed by atoms with Crippen molar-refractivity contribution in [3.8, 4) is 22.5 Å². The summed E-state index contributed by atoms with van der Waals surface area (Å²) in [5.74, 6) is 0. The first kappa shape index (κ1) is 25.1. The molecule has 2 heterocycles. The van der Waals surface area contributed by atoms with Gasteiger partial charge in [-0.1, -0.05) is 95.7 Å². The van der Waals surface area contributed by atoms with Crippen molar-refractivity contribution in [2.75, 3.05) is 0 Å². The zero-order valence-electron chi connectivity index (χ0n) is 21.3. The van der Waals surface area contributed by atoms with E-state index in [2.05, 4.69) is 119 Å². The fraction of sp³-hybridized carbons (Fsp3) is 0. The minimum atomic E-state index is 0. The van der Waals surface area contributed by atoms with Crippen molar-refractivity contribution in [1.82, 2.24) is 9.97 Å². The zero-order valence-corrected chi connectivity index (χ0v) is 24.8. The minimum absolute atomic E-state index is 0. The number of pyridine rings is 2. The fourth-order valence-electron chi connectivity index (χ4n) is 5.29. The Kier molecular flexibility index (Phi) is 7.00. The van der Waals surface area contributed by atoms with Crippen molar-refractivity contribution in [2.24, 2.45) is 0 Å². The van der Waals surface area contributed by atoms with Gasteiger partial charge in [-0.15, -0.1) is 69.1 Å². The molecule has 0 atom stereocenters. The van der Waals surface area contributed by atoms with Crippen molar-refractivity contribution < 1.29 is 25.8 Å². The van der Waals surface area contributed by atoms with Crippen LogP contribution in [0.4, 0.5) is 0 Å². The van der Waals surface area contributed by atoms with Crippen LogP contribution in [0.15, 0.2) is 146 Å². The van der Waals surface area contributed by atoms with E-state index in [-0.39, 0.29) is 25.8 Å². The molecule has 3 heteroatoms. The first-order valence-corrected chi connectivity index (χ1v) is 12.8. The topological polar surface area (TPSA) is 25.8 Å². The van der Waals surface area contributed by atoms with E-state index in [4.69, 9.17) is 0 Å². The van der Waals surface area contributed by atoms with Crippen LogP contribution in [0.1, 0.15) is 0 Å². The number of benzene rings is 4. The molecule has 0 bridgehead atoms. The van der Waals surface area contributed by atoms with E-state index in [1.807, 2.05) is 36.7 Å². The largest absolute Gasteiger partial charge is 0.295 e. The van der Waals surface area contributed by atoms with Crippen molar-refractivity contribution in [2.45, 2.75) is 0 Å². The van der Waals surface area contributed by atoms with Crippen molar-refractivity contribution >= 4 is 43.1 Å². The van der Waals surface area contributed by atoms with E-state index in [1.165, 1.54) is 54.2 Å². The normalized spacial score (nSPS) is 10.9. The molecule has 0 aliphatic heterocycles. The fourth-order valence-corrected chi connectivity index (χ4v) is 5.29. The van der Waals surface area contributed by atoms with Gasteiger partial charge in [0.2, 0.25) is 0 Å². The van der Waals surface area contributed by atoms with E-state index in [9.17, 15) is 0 Å². The molecule has 2 nitrogen and oxygen atoms in total. The van der Waals surface area contributed by atoms with E-state index in [0.717, 1.165) is 11.4 Å². The van der Waals surface area contributed by atoms with Crippen LogP contribution in [-0.2, 0) is 25.8 Å². The third-order valence-electron chi connectivity index (χ3n) is 7.15. The number of hydrogen-bond donors (Lipinski definition) is 0. The molecular weight excluding hydrogens is 639 g/mol. The molecule has 0 N–H and O–H groups in total. The second kappa shape index (κ2) is 10.9. The second-order valence-electron chi connectivity index (χ2n) is 9.50. The Bertz CT molecular complexity index is 1870. The van der Waals surface area contributed by atoms with Gasteiger partial charge in [0.1, 0.15) is 0 Å². The Labute approximate surface area is 246 Å². The van der Waals surface area contributed by atoms with Gasteiger partial charge in [-0.25, -0.2) is 0 Å². The molecule has 0 radical (unpaired) electrons. The standard InChI is InChI=1S/2C18H12N.Hf/c2*1-2-6-16-13(5-1)8-9-14-11-15(12-17(14)16)18-7-3-4-10-19-18;/h2*1-12H;/q2*-1;. The molecule has 0 saturated carbocycles. The number of hydrogen-bond acceptors (Lipinski definition) is 2. The van der Waals surface area contributed by atoms with Crippen LogP contribution in [0.3, 0.4) is 0 Å². The number of aromatic nitrogens is 2. The van der Waals surface area contributed by atoms with Crippen LogP contribution in [0.25, 0.3) is 65.6 Å². The number of nitrogens with zero attached hydrogens (tertiary/aromatic N) is 2. The summed E-state index contributed by atoms with van der Waals surface area (Å²) in [5.41, 5.74) is 4.43. The van der Waals surface area contributed by atoms with E-state index in [0.29, 0.717) is 0 Å². The van der Waals surface area contributed by atoms with Gasteiger partial charge in [-0.2, -0.15) is 0 Å². The maximum atomic E-state index is 4.42.